The van der Waals surface area contributed by atoms with Crippen LogP contribution >= 0.6 is 0 Å². The Kier molecular flexibility index (Phi) is 6.90. The number of likely N-dealkylation sites (tertiary alicyclic amines) is 2. The molecule has 5 heteroatoms. The number of ether oxygens (including phenoxy) is 1. The minimum atomic E-state index is -0.364. The monoisotopic (exact) mass is 373 g/mol. The average molecular weight is 374 g/mol. The van der Waals surface area contributed by atoms with Gasteiger partial charge in [0, 0.05) is 33.8 Å². The highest BCUT2D eigenvalue weighted by Crippen LogP contribution is 2.37. The van der Waals surface area contributed by atoms with Gasteiger partial charge in [0.15, 0.2) is 0 Å². The number of carbonyl (C=O) groups excluding carboxylic acids is 1. The summed E-state index contributed by atoms with van der Waals surface area (Å²) < 4.78 is 5.20. The summed E-state index contributed by atoms with van der Waals surface area (Å²) in [6.07, 6.45) is 2.98. The maximum Gasteiger partial charge on any atom is 0.233 e. The van der Waals surface area contributed by atoms with Crippen molar-refractivity contribution < 1.29 is 9.53 Å². The fourth-order valence-corrected chi connectivity index (χ4v) is 4.70. The number of methoxy groups -OCH3 is 1. The van der Waals surface area contributed by atoms with E-state index in [-0.39, 0.29) is 5.41 Å². The van der Waals surface area contributed by atoms with Gasteiger partial charge in [0.25, 0.3) is 0 Å². The van der Waals surface area contributed by atoms with Crippen molar-refractivity contribution in [3.05, 3.63) is 35.9 Å². The fourth-order valence-electron chi connectivity index (χ4n) is 4.70. The molecule has 0 bridgehead atoms. The molecule has 1 amide bonds. The molecule has 0 saturated carbocycles. The molecule has 2 heterocycles. The van der Waals surface area contributed by atoms with Crippen molar-refractivity contribution in [2.45, 2.75) is 24.7 Å². The molecule has 1 aromatic rings. The molecular formula is C22H35N3O2. The van der Waals surface area contributed by atoms with Crippen LogP contribution in [0.4, 0.5) is 0 Å². The number of hydrogen-bond donors (Lipinski definition) is 0. The lowest BCUT2D eigenvalue weighted by Crippen LogP contribution is -2.52. The van der Waals surface area contributed by atoms with Crippen LogP contribution in [0.1, 0.15) is 24.8 Å². The van der Waals surface area contributed by atoms with Crippen LogP contribution in [-0.2, 0) is 14.9 Å². The topological polar surface area (TPSA) is 36.0 Å². The highest BCUT2D eigenvalue weighted by molar-refractivity contribution is 5.88. The fraction of sp³-hybridized carbons (Fsp3) is 0.682. The van der Waals surface area contributed by atoms with E-state index in [4.69, 9.17) is 4.74 Å². The zero-order valence-corrected chi connectivity index (χ0v) is 17.2. The summed E-state index contributed by atoms with van der Waals surface area (Å²) in [7, 11) is 5.91. The van der Waals surface area contributed by atoms with Crippen molar-refractivity contribution in [3.63, 3.8) is 0 Å². The normalized spacial score (nSPS) is 23.4. The zero-order chi connectivity index (χ0) is 19.3. The maximum absolute atomic E-state index is 13.6. The Morgan fingerprint density at radius 2 is 1.93 bits per heavy atom. The third kappa shape index (κ3) is 4.71. The van der Waals surface area contributed by atoms with Crippen LogP contribution in [-0.4, -0.2) is 87.7 Å². The average Bonchev–Trinajstić information content (AvgIpc) is 3.14. The first-order valence-electron chi connectivity index (χ1n) is 10.3. The molecule has 2 saturated heterocycles. The second-order valence-electron chi connectivity index (χ2n) is 8.39. The number of likely N-dealkylation sites (N-methyl/N-ethyl adjacent to an activating group) is 1. The smallest absolute Gasteiger partial charge is 0.233 e. The quantitative estimate of drug-likeness (QED) is 0.733. The predicted molar refractivity (Wildman–Crippen MR) is 109 cm³/mol. The standard InChI is InChI=1S/C22H35N3O2/c1-23-13-10-22(11-14-23,20-7-5-4-6-8-20)21(26)24(2)17-19-9-12-25(18-19)15-16-27-3/h4-8,19H,9-18H2,1-3H3/t19-/m1/s1. The molecular weight excluding hydrogens is 338 g/mol. The van der Waals surface area contributed by atoms with Gasteiger partial charge >= 0.3 is 0 Å². The molecule has 150 valence electrons. The van der Waals surface area contributed by atoms with Gasteiger partial charge in [0.2, 0.25) is 5.91 Å². The van der Waals surface area contributed by atoms with E-state index in [2.05, 4.69) is 41.1 Å². The molecule has 2 aliphatic heterocycles. The van der Waals surface area contributed by atoms with E-state index in [9.17, 15) is 4.79 Å². The summed E-state index contributed by atoms with van der Waals surface area (Å²) >= 11 is 0. The van der Waals surface area contributed by atoms with E-state index < -0.39 is 0 Å². The van der Waals surface area contributed by atoms with Crippen LogP contribution in [0.5, 0.6) is 0 Å². The van der Waals surface area contributed by atoms with E-state index in [1.165, 1.54) is 12.0 Å². The predicted octanol–water partition coefficient (Wildman–Crippen LogP) is 2.08. The van der Waals surface area contributed by atoms with Crippen LogP contribution in [0, 0.1) is 5.92 Å². The SMILES string of the molecule is COCCN1CC[C@H](CN(C)C(=O)C2(c3ccccc3)CCN(C)CC2)C1. The van der Waals surface area contributed by atoms with Gasteiger partial charge in [0.1, 0.15) is 0 Å². The molecule has 3 rings (SSSR count). The summed E-state index contributed by atoms with van der Waals surface area (Å²) in [5.41, 5.74) is 0.819. The molecule has 0 N–H and O–H groups in total. The van der Waals surface area contributed by atoms with Crippen molar-refractivity contribution in [3.8, 4) is 0 Å². The van der Waals surface area contributed by atoms with Gasteiger partial charge in [-0.3, -0.25) is 4.79 Å². The Morgan fingerprint density at radius 3 is 2.59 bits per heavy atom. The number of nitrogens with zero attached hydrogens (tertiary/aromatic N) is 3. The van der Waals surface area contributed by atoms with Crippen LogP contribution < -0.4 is 0 Å². The van der Waals surface area contributed by atoms with Gasteiger partial charge in [-0.05, 0) is 57.4 Å². The summed E-state index contributed by atoms with van der Waals surface area (Å²) in [5.74, 6) is 0.868. The van der Waals surface area contributed by atoms with E-state index >= 15 is 0 Å². The Morgan fingerprint density at radius 1 is 1.22 bits per heavy atom. The second-order valence-corrected chi connectivity index (χ2v) is 8.39. The lowest BCUT2D eigenvalue weighted by Gasteiger charge is -2.42. The molecule has 2 fully saturated rings. The number of amides is 1. The number of piperidine rings is 1. The molecule has 1 aromatic carbocycles. The molecule has 27 heavy (non-hydrogen) atoms. The van der Waals surface area contributed by atoms with E-state index in [1.54, 1.807) is 7.11 Å². The third-order valence-electron chi connectivity index (χ3n) is 6.44. The molecule has 0 unspecified atom stereocenters. The molecule has 0 aromatic heterocycles. The van der Waals surface area contributed by atoms with E-state index in [1.807, 2.05) is 18.0 Å². The summed E-state index contributed by atoms with van der Waals surface area (Å²) in [6, 6.07) is 10.4. The number of carbonyl (C=O) groups is 1. The van der Waals surface area contributed by atoms with Crippen molar-refractivity contribution in [1.82, 2.24) is 14.7 Å². The Balaban J connectivity index is 1.67. The Hall–Kier alpha value is -1.43. The highest BCUT2D eigenvalue weighted by Gasteiger charge is 2.44. The minimum Gasteiger partial charge on any atom is -0.383 e. The first-order valence-corrected chi connectivity index (χ1v) is 10.3. The van der Waals surface area contributed by atoms with Gasteiger partial charge < -0.3 is 19.4 Å². The third-order valence-corrected chi connectivity index (χ3v) is 6.44. The molecule has 1 atom stereocenters. The molecule has 2 aliphatic rings. The summed E-state index contributed by atoms with van der Waals surface area (Å²) in [5, 5.41) is 0. The first-order chi connectivity index (χ1) is 13.0. The largest absolute Gasteiger partial charge is 0.383 e. The van der Waals surface area contributed by atoms with E-state index in [0.29, 0.717) is 11.8 Å². The summed E-state index contributed by atoms with van der Waals surface area (Å²) in [4.78, 5) is 20.4. The maximum atomic E-state index is 13.6. The molecule has 5 nitrogen and oxygen atoms in total. The van der Waals surface area contributed by atoms with Gasteiger partial charge in [-0.1, -0.05) is 30.3 Å². The van der Waals surface area contributed by atoms with Gasteiger partial charge in [-0.25, -0.2) is 0 Å². The van der Waals surface area contributed by atoms with Crippen molar-refractivity contribution in [2.24, 2.45) is 5.92 Å². The van der Waals surface area contributed by atoms with Gasteiger partial charge in [-0.15, -0.1) is 0 Å². The Labute approximate surface area is 164 Å². The number of rotatable bonds is 7. The van der Waals surface area contributed by atoms with Gasteiger partial charge in [-0.2, -0.15) is 0 Å². The van der Waals surface area contributed by atoms with Crippen LogP contribution in [0.2, 0.25) is 0 Å². The molecule has 0 radical (unpaired) electrons. The zero-order valence-electron chi connectivity index (χ0n) is 17.2. The number of benzene rings is 1. The molecule has 0 spiro atoms. The molecule has 0 aliphatic carbocycles. The first kappa shape index (κ1) is 20.3. The van der Waals surface area contributed by atoms with Crippen LogP contribution in [0.15, 0.2) is 30.3 Å². The van der Waals surface area contributed by atoms with Crippen LogP contribution in [0.25, 0.3) is 0 Å². The van der Waals surface area contributed by atoms with Crippen LogP contribution in [0.3, 0.4) is 0 Å². The summed E-state index contributed by atoms with van der Waals surface area (Å²) in [6.45, 7) is 6.77. The van der Waals surface area contributed by atoms with Gasteiger partial charge in [0.05, 0.1) is 12.0 Å². The lowest BCUT2D eigenvalue weighted by molar-refractivity contribution is -0.138. The second kappa shape index (κ2) is 9.18. The minimum absolute atomic E-state index is 0.303. The van der Waals surface area contributed by atoms with Crippen molar-refractivity contribution in [1.29, 1.82) is 0 Å². The highest BCUT2D eigenvalue weighted by atomic mass is 16.5. The van der Waals surface area contributed by atoms with Crippen molar-refractivity contribution >= 4 is 5.91 Å². The lowest BCUT2D eigenvalue weighted by atomic mass is 9.71. The van der Waals surface area contributed by atoms with E-state index in [0.717, 1.165) is 58.7 Å². The number of hydrogen-bond acceptors (Lipinski definition) is 4. The van der Waals surface area contributed by atoms with Crippen molar-refractivity contribution in [2.75, 3.05) is 67.1 Å². The Bertz CT molecular complexity index is 599.